The van der Waals surface area contributed by atoms with Crippen LogP contribution in [0.2, 0.25) is 0 Å². The van der Waals surface area contributed by atoms with E-state index in [0.717, 1.165) is 36.3 Å². The molecule has 0 N–H and O–H groups in total. The number of Topliss-reactive ketones (excluding diaryl/α,β-unsaturated/α-hetero) is 1. The number of para-hydroxylation sites is 1. The molecule has 3 aliphatic rings. The first kappa shape index (κ1) is 19.6. The molecule has 2 bridgehead atoms. The number of rotatable bonds is 5. The molecule has 0 aromatic heterocycles. The van der Waals surface area contributed by atoms with Crippen LogP contribution in [0.5, 0.6) is 0 Å². The maximum Gasteiger partial charge on any atom is 0.340 e. The van der Waals surface area contributed by atoms with Crippen molar-refractivity contribution in [3.05, 3.63) is 65.5 Å². The number of halogens is 1. The lowest BCUT2D eigenvalue weighted by Gasteiger charge is -2.19. The van der Waals surface area contributed by atoms with Crippen molar-refractivity contribution in [2.24, 2.45) is 23.7 Å². The smallest absolute Gasteiger partial charge is 0.340 e. The van der Waals surface area contributed by atoms with Gasteiger partial charge in [-0.3, -0.25) is 14.4 Å². The molecule has 1 heterocycles. The second-order valence-corrected chi connectivity index (χ2v) is 8.42. The highest BCUT2D eigenvalue weighted by molar-refractivity contribution is 6.24. The van der Waals surface area contributed by atoms with E-state index in [1.807, 2.05) is 0 Å². The molecule has 0 spiro atoms. The van der Waals surface area contributed by atoms with Gasteiger partial charge in [-0.1, -0.05) is 12.1 Å². The molecule has 0 radical (unpaired) electrons. The van der Waals surface area contributed by atoms with Crippen molar-refractivity contribution in [2.45, 2.75) is 19.3 Å². The van der Waals surface area contributed by atoms with Crippen LogP contribution >= 0.6 is 0 Å². The van der Waals surface area contributed by atoms with Crippen LogP contribution in [0.1, 0.15) is 40.0 Å². The minimum absolute atomic E-state index is 0.0587. The molecule has 0 unspecified atom stereocenters. The summed E-state index contributed by atoms with van der Waals surface area (Å²) in [7, 11) is 0. The summed E-state index contributed by atoms with van der Waals surface area (Å²) in [5.74, 6) is -2.36. The van der Waals surface area contributed by atoms with Crippen molar-refractivity contribution in [1.29, 1.82) is 0 Å². The molecule has 2 aliphatic carbocycles. The fourth-order valence-electron chi connectivity index (χ4n) is 5.42. The number of esters is 1. The molecule has 1 saturated heterocycles. The monoisotopic (exact) mass is 421 g/mol. The first-order valence-corrected chi connectivity index (χ1v) is 10.4. The SMILES string of the molecule is O=C(COC(=O)c1ccccc1N1C(=O)[C@@H]2[C@H]3CC[C@@H](C3)[C@@H]2C1=O)c1ccc(F)cc1. The summed E-state index contributed by atoms with van der Waals surface area (Å²) < 4.78 is 18.2. The van der Waals surface area contributed by atoms with Gasteiger partial charge in [-0.05, 0) is 67.5 Å². The van der Waals surface area contributed by atoms with Crippen molar-refractivity contribution in [1.82, 2.24) is 0 Å². The number of imide groups is 1. The first-order valence-electron chi connectivity index (χ1n) is 10.4. The van der Waals surface area contributed by atoms with Crippen molar-refractivity contribution >= 4 is 29.3 Å². The fourth-order valence-corrected chi connectivity index (χ4v) is 5.42. The van der Waals surface area contributed by atoms with Crippen molar-refractivity contribution in [3.8, 4) is 0 Å². The Kier molecular flexibility index (Phi) is 4.68. The van der Waals surface area contributed by atoms with E-state index >= 15 is 0 Å². The first-order chi connectivity index (χ1) is 15.0. The molecule has 31 heavy (non-hydrogen) atoms. The van der Waals surface area contributed by atoms with Crippen LogP contribution < -0.4 is 4.90 Å². The summed E-state index contributed by atoms with van der Waals surface area (Å²) in [5.41, 5.74) is 0.477. The number of fused-ring (bicyclic) bond motifs is 5. The molecular formula is C24H20FNO5. The molecule has 7 heteroatoms. The van der Waals surface area contributed by atoms with Gasteiger partial charge in [-0.25, -0.2) is 14.1 Å². The van der Waals surface area contributed by atoms with Gasteiger partial charge < -0.3 is 4.74 Å². The number of benzene rings is 2. The van der Waals surface area contributed by atoms with Gasteiger partial charge in [0.2, 0.25) is 11.8 Å². The molecular weight excluding hydrogens is 401 g/mol. The highest BCUT2D eigenvalue weighted by Gasteiger charge is 2.61. The lowest BCUT2D eigenvalue weighted by Crippen LogP contribution is -2.34. The molecule has 2 aromatic rings. The quantitative estimate of drug-likeness (QED) is 0.420. The lowest BCUT2D eigenvalue weighted by atomic mass is 9.81. The molecule has 4 atom stereocenters. The third-order valence-corrected chi connectivity index (χ3v) is 6.79. The molecule has 1 aliphatic heterocycles. The number of carbonyl (C=O) groups excluding carboxylic acids is 4. The Balaban J connectivity index is 1.35. The van der Waals surface area contributed by atoms with E-state index in [4.69, 9.17) is 4.74 Å². The standard InChI is InChI=1S/C24H20FNO5/c25-16-9-7-13(8-10-16)19(27)12-31-24(30)17-3-1-2-4-18(17)26-22(28)20-14-5-6-15(11-14)21(20)23(26)29/h1-4,7-10,14-15,20-21H,5-6,11-12H2/t14-,15-,20-,21+/m0/s1. The third kappa shape index (κ3) is 3.15. The van der Waals surface area contributed by atoms with Gasteiger partial charge in [0.1, 0.15) is 5.82 Å². The predicted octanol–water partition coefficient (Wildman–Crippen LogP) is 3.40. The lowest BCUT2D eigenvalue weighted by molar-refractivity contribution is -0.123. The number of ketones is 1. The normalized spacial score (nSPS) is 26.3. The number of hydrogen-bond acceptors (Lipinski definition) is 5. The number of carbonyl (C=O) groups is 4. The van der Waals surface area contributed by atoms with E-state index in [2.05, 4.69) is 0 Å². The van der Waals surface area contributed by atoms with Gasteiger partial charge in [-0.15, -0.1) is 0 Å². The summed E-state index contributed by atoms with van der Waals surface area (Å²) in [4.78, 5) is 52.3. The third-order valence-electron chi connectivity index (χ3n) is 6.79. The summed E-state index contributed by atoms with van der Waals surface area (Å²) in [5, 5.41) is 0. The zero-order valence-corrected chi connectivity index (χ0v) is 16.6. The van der Waals surface area contributed by atoms with Crippen molar-refractivity contribution < 1.29 is 28.3 Å². The maximum absolute atomic E-state index is 13.1. The number of amides is 2. The number of anilines is 1. The fraction of sp³-hybridized carbons (Fsp3) is 0.333. The Hall–Kier alpha value is -3.35. The van der Waals surface area contributed by atoms with E-state index in [-0.39, 0.29) is 52.3 Å². The van der Waals surface area contributed by atoms with Gasteiger partial charge >= 0.3 is 5.97 Å². The minimum atomic E-state index is -0.799. The summed E-state index contributed by atoms with van der Waals surface area (Å²) >= 11 is 0. The molecule has 2 amide bonds. The largest absolute Gasteiger partial charge is 0.454 e. The number of hydrogen-bond donors (Lipinski definition) is 0. The highest BCUT2D eigenvalue weighted by Crippen LogP contribution is 2.56. The van der Waals surface area contributed by atoms with Crippen LogP contribution in [0.15, 0.2) is 48.5 Å². The average molecular weight is 421 g/mol. The summed E-state index contributed by atoms with van der Waals surface area (Å²) in [6.45, 7) is -0.532. The second kappa shape index (κ2) is 7.41. The maximum atomic E-state index is 13.1. The Morgan fingerprint density at radius 1 is 0.935 bits per heavy atom. The van der Waals surface area contributed by atoms with E-state index in [1.165, 1.54) is 18.2 Å². The number of ether oxygens (including phenoxy) is 1. The number of nitrogens with zero attached hydrogens (tertiary/aromatic N) is 1. The van der Waals surface area contributed by atoms with E-state index in [9.17, 15) is 23.6 Å². The second-order valence-electron chi connectivity index (χ2n) is 8.42. The van der Waals surface area contributed by atoms with E-state index in [0.29, 0.717) is 0 Å². The zero-order valence-electron chi connectivity index (χ0n) is 16.6. The van der Waals surface area contributed by atoms with Gasteiger partial charge in [0.05, 0.1) is 23.1 Å². The molecule has 158 valence electrons. The topological polar surface area (TPSA) is 80.8 Å². The molecule has 5 rings (SSSR count). The van der Waals surface area contributed by atoms with Gasteiger partial charge in [0.15, 0.2) is 12.4 Å². The predicted molar refractivity (Wildman–Crippen MR) is 108 cm³/mol. The highest BCUT2D eigenvalue weighted by atomic mass is 19.1. The van der Waals surface area contributed by atoms with Crippen LogP contribution in [-0.4, -0.2) is 30.2 Å². The van der Waals surface area contributed by atoms with Crippen molar-refractivity contribution in [2.75, 3.05) is 11.5 Å². The molecule has 2 saturated carbocycles. The Bertz CT molecular complexity index is 1070. The van der Waals surface area contributed by atoms with E-state index in [1.54, 1.807) is 18.2 Å². The van der Waals surface area contributed by atoms with Crippen LogP contribution in [0.4, 0.5) is 10.1 Å². The molecule has 3 fully saturated rings. The summed E-state index contributed by atoms with van der Waals surface area (Å²) in [6.07, 6.45) is 2.86. The Labute approximate surface area is 178 Å². The van der Waals surface area contributed by atoms with Crippen LogP contribution in [0.3, 0.4) is 0 Å². The minimum Gasteiger partial charge on any atom is -0.454 e. The average Bonchev–Trinajstić information content (AvgIpc) is 3.46. The molecule has 6 nitrogen and oxygen atoms in total. The summed E-state index contributed by atoms with van der Waals surface area (Å²) in [6, 6.07) is 11.2. The van der Waals surface area contributed by atoms with Gasteiger partial charge in [-0.2, -0.15) is 0 Å². The van der Waals surface area contributed by atoms with Crippen LogP contribution in [0.25, 0.3) is 0 Å². The van der Waals surface area contributed by atoms with Crippen LogP contribution in [0, 0.1) is 29.5 Å². The molecule has 2 aromatic carbocycles. The Morgan fingerprint density at radius 2 is 1.55 bits per heavy atom. The van der Waals surface area contributed by atoms with E-state index < -0.39 is 24.2 Å². The van der Waals surface area contributed by atoms with Crippen LogP contribution in [-0.2, 0) is 14.3 Å². The zero-order chi connectivity index (χ0) is 21.7. The van der Waals surface area contributed by atoms with Crippen molar-refractivity contribution in [3.63, 3.8) is 0 Å². The Morgan fingerprint density at radius 3 is 2.19 bits per heavy atom. The van der Waals surface area contributed by atoms with Gasteiger partial charge in [0.25, 0.3) is 0 Å². The van der Waals surface area contributed by atoms with Gasteiger partial charge in [0, 0.05) is 5.56 Å².